The monoisotopic (exact) mass is 304 g/mol. The molecule has 2 aromatic rings. The summed E-state index contributed by atoms with van der Waals surface area (Å²) in [6.45, 7) is 1.98. The summed E-state index contributed by atoms with van der Waals surface area (Å²) in [6.07, 6.45) is -2.35. The average molecular weight is 304 g/mol. The molecular formula is C12H15F3N4S. The van der Waals surface area contributed by atoms with E-state index in [9.17, 15) is 13.2 Å². The second kappa shape index (κ2) is 5.53. The molecule has 0 radical (unpaired) electrons. The van der Waals surface area contributed by atoms with E-state index < -0.39 is 11.2 Å². The van der Waals surface area contributed by atoms with Crippen LogP contribution in [0.15, 0.2) is 12.3 Å². The average Bonchev–Trinajstić information content (AvgIpc) is 2.98. The second-order valence-electron chi connectivity index (χ2n) is 4.32. The molecule has 110 valence electrons. The van der Waals surface area contributed by atoms with Crippen molar-refractivity contribution in [2.75, 3.05) is 7.05 Å². The van der Waals surface area contributed by atoms with Crippen LogP contribution in [0.25, 0.3) is 0 Å². The van der Waals surface area contributed by atoms with Crippen molar-refractivity contribution in [3.63, 3.8) is 0 Å². The molecule has 0 bridgehead atoms. The minimum Gasteiger partial charge on any atom is -0.307 e. The first-order valence-corrected chi connectivity index (χ1v) is 6.91. The molecule has 20 heavy (non-hydrogen) atoms. The van der Waals surface area contributed by atoms with Crippen LogP contribution < -0.4 is 5.32 Å². The normalized spacial score (nSPS) is 13.7. The fraction of sp³-hybridized carbons (Fsp3) is 0.500. The van der Waals surface area contributed by atoms with Gasteiger partial charge in [0, 0.05) is 18.1 Å². The van der Waals surface area contributed by atoms with Gasteiger partial charge in [-0.25, -0.2) is 4.98 Å². The van der Waals surface area contributed by atoms with Crippen molar-refractivity contribution in [1.29, 1.82) is 0 Å². The number of rotatable bonds is 4. The van der Waals surface area contributed by atoms with Crippen molar-refractivity contribution in [3.05, 3.63) is 33.5 Å². The zero-order valence-corrected chi connectivity index (χ0v) is 12.1. The van der Waals surface area contributed by atoms with Gasteiger partial charge in [0.1, 0.15) is 0 Å². The fourth-order valence-electron chi connectivity index (χ4n) is 1.97. The number of halogens is 3. The van der Waals surface area contributed by atoms with Gasteiger partial charge in [-0.2, -0.15) is 18.3 Å². The molecule has 0 aliphatic carbocycles. The zero-order chi connectivity index (χ0) is 14.9. The van der Waals surface area contributed by atoms with Crippen molar-refractivity contribution in [1.82, 2.24) is 20.1 Å². The molecule has 4 nitrogen and oxygen atoms in total. The van der Waals surface area contributed by atoms with Crippen LogP contribution >= 0.6 is 11.3 Å². The number of hydrogen-bond donors (Lipinski definition) is 1. The number of nitrogens with zero attached hydrogens (tertiary/aromatic N) is 3. The first kappa shape index (κ1) is 15.0. The molecule has 2 aromatic heterocycles. The fourth-order valence-corrected chi connectivity index (χ4v) is 2.88. The highest BCUT2D eigenvalue weighted by atomic mass is 32.1. The van der Waals surface area contributed by atoms with Crippen LogP contribution in [0.2, 0.25) is 0 Å². The molecule has 1 N–H and O–H groups in total. The maximum atomic E-state index is 12.6. The molecule has 1 atom stereocenters. The SMILES string of the molecule is CCc1cc(C(NC)c2cnc(C(F)(F)F)s2)n(C)n1. The van der Waals surface area contributed by atoms with Crippen LogP contribution in [0.1, 0.15) is 34.2 Å². The summed E-state index contributed by atoms with van der Waals surface area (Å²) in [7, 11) is 3.49. The molecule has 0 amide bonds. The van der Waals surface area contributed by atoms with Gasteiger partial charge in [0.15, 0.2) is 5.01 Å². The first-order chi connectivity index (χ1) is 9.36. The predicted octanol–water partition coefficient (Wildman–Crippen LogP) is 2.77. The van der Waals surface area contributed by atoms with Crippen LogP contribution in [-0.4, -0.2) is 21.8 Å². The van der Waals surface area contributed by atoms with Crippen LogP contribution in [-0.2, 0) is 19.6 Å². The van der Waals surface area contributed by atoms with Crippen LogP contribution in [0.3, 0.4) is 0 Å². The summed E-state index contributed by atoms with van der Waals surface area (Å²) in [5.74, 6) is 0. The standard InChI is InChI=1S/C12H15F3N4S/c1-4-7-5-8(19(3)18-7)10(16-2)9-6-17-11(20-9)12(13,14)15/h5-6,10,16H,4H2,1-3H3. The van der Waals surface area contributed by atoms with Crippen molar-refractivity contribution in [2.45, 2.75) is 25.6 Å². The Morgan fingerprint density at radius 2 is 2.15 bits per heavy atom. The van der Waals surface area contributed by atoms with Gasteiger partial charge in [0.05, 0.1) is 17.4 Å². The lowest BCUT2D eigenvalue weighted by Gasteiger charge is -2.14. The largest absolute Gasteiger partial charge is 0.443 e. The highest BCUT2D eigenvalue weighted by molar-refractivity contribution is 7.11. The van der Waals surface area contributed by atoms with Gasteiger partial charge < -0.3 is 5.32 Å². The van der Waals surface area contributed by atoms with E-state index >= 15 is 0 Å². The Balaban J connectivity index is 2.37. The molecule has 0 saturated heterocycles. The summed E-state index contributed by atoms with van der Waals surface area (Å²) in [4.78, 5) is 3.98. The number of alkyl halides is 3. The van der Waals surface area contributed by atoms with Gasteiger partial charge in [-0.15, -0.1) is 11.3 Å². The predicted molar refractivity (Wildman–Crippen MR) is 70.6 cm³/mol. The molecule has 0 fully saturated rings. The summed E-state index contributed by atoms with van der Waals surface area (Å²) in [6, 6.07) is 1.55. The molecule has 2 rings (SSSR count). The van der Waals surface area contributed by atoms with E-state index in [-0.39, 0.29) is 6.04 Å². The Morgan fingerprint density at radius 3 is 2.60 bits per heavy atom. The number of thiazole rings is 1. The number of hydrogen-bond acceptors (Lipinski definition) is 4. The Morgan fingerprint density at radius 1 is 1.45 bits per heavy atom. The molecule has 8 heteroatoms. The highest BCUT2D eigenvalue weighted by Gasteiger charge is 2.35. The maximum absolute atomic E-state index is 12.6. The summed E-state index contributed by atoms with van der Waals surface area (Å²) in [5.41, 5.74) is 1.73. The van der Waals surface area contributed by atoms with E-state index in [4.69, 9.17) is 0 Å². The molecule has 0 saturated carbocycles. The van der Waals surface area contributed by atoms with Gasteiger partial charge in [0.25, 0.3) is 0 Å². The summed E-state index contributed by atoms with van der Waals surface area (Å²) >= 11 is 0.653. The molecule has 1 unspecified atom stereocenters. The van der Waals surface area contributed by atoms with Crippen molar-refractivity contribution >= 4 is 11.3 Å². The van der Waals surface area contributed by atoms with Crippen molar-refractivity contribution in [2.24, 2.45) is 7.05 Å². The van der Waals surface area contributed by atoms with E-state index in [1.807, 2.05) is 13.0 Å². The van der Waals surface area contributed by atoms with Crippen LogP contribution in [0, 0.1) is 0 Å². The first-order valence-electron chi connectivity index (χ1n) is 6.09. The third kappa shape index (κ3) is 2.85. The summed E-state index contributed by atoms with van der Waals surface area (Å²) in [5, 5.41) is 6.51. The zero-order valence-electron chi connectivity index (χ0n) is 11.3. The number of aryl methyl sites for hydroxylation is 2. The van der Waals surface area contributed by atoms with Gasteiger partial charge in [-0.05, 0) is 19.5 Å². The van der Waals surface area contributed by atoms with E-state index in [1.165, 1.54) is 6.20 Å². The molecule has 2 heterocycles. The molecule has 0 aromatic carbocycles. The lowest BCUT2D eigenvalue weighted by Crippen LogP contribution is -2.19. The molecular weight excluding hydrogens is 289 g/mol. The Hall–Kier alpha value is -1.41. The Kier molecular flexibility index (Phi) is 4.14. The highest BCUT2D eigenvalue weighted by Crippen LogP contribution is 2.35. The third-order valence-corrected chi connectivity index (χ3v) is 4.07. The second-order valence-corrected chi connectivity index (χ2v) is 5.39. The maximum Gasteiger partial charge on any atom is 0.443 e. The van der Waals surface area contributed by atoms with Crippen LogP contribution in [0.4, 0.5) is 13.2 Å². The lowest BCUT2D eigenvalue weighted by atomic mass is 10.1. The summed E-state index contributed by atoms with van der Waals surface area (Å²) < 4.78 is 39.5. The van der Waals surface area contributed by atoms with Crippen molar-refractivity contribution < 1.29 is 13.2 Å². The lowest BCUT2D eigenvalue weighted by molar-refractivity contribution is -0.137. The van der Waals surface area contributed by atoms with Crippen molar-refractivity contribution in [3.8, 4) is 0 Å². The third-order valence-electron chi connectivity index (χ3n) is 2.96. The van der Waals surface area contributed by atoms with E-state index in [0.717, 1.165) is 17.8 Å². The Bertz CT molecular complexity index is 588. The van der Waals surface area contributed by atoms with E-state index in [0.29, 0.717) is 16.2 Å². The quantitative estimate of drug-likeness (QED) is 0.944. The van der Waals surface area contributed by atoms with Gasteiger partial charge in [0.2, 0.25) is 0 Å². The van der Waals surface area contributed by atoms with Gasteiger partial charge in [-0.1, -0.05) is 6.92 Å². The smallest absolute Gasteiger partial charge is 0.307 e. The minimum absolute atomic E-state index is 0.346. The number of aromatic nitrogens is 3. The number of nitrogens with one attached hydrogen (secondary N) is 1. The molecule has 0 aliphatic heterocycles. The topological polar surface area (TPSA) is 42.7 Å². The van der Waals surface area contributed by atoms with E-state index in [2.05, 4.69) is 15.4 Å². The Labute approximate surface area is 118 Å². The van der Waals surface area contributed by atoms with Gasteiger partial charge in [-0.3, -0.25) is 4.68 Å². The molecule has 0 aliphatic rings. The minimum atomic E-state index is -4.40. The van der Waals surface area contributed by atoms with E-state index in [1.54, 1.807) is 18.8 Å². The molecule has 0 spiro atoms. The van der Waals surface area contributed by atoms with Crippen LogP contribution in [0.5, 0.6) is 0 Å². The van der Waals surface area contributed by atoms with Gasteiger partial charge >= 0.3 is 6.18 Å².